The van der Waals surface area contributed by atoms with E-state index in [2.05, 4.69) is 41.4 Å². The molecule has 1 aliphatic heterocycles. The summed E-state index contributed by atoms with van der Waals surface area (Å²) in [5.41, 5.74) is 2.82. The molecule has 1 saturated heterocycles. The van der Waals surface area contributed by atoms with E-state index in [-0.39, 0.29) is 11.9 Å². The van der Waals surface area contributed by atoms with Gasteiger partial charge < -0.3 is 19.5 Å². The molecule has 1 amide bonds. The smallest absolute Gasteiger partial charge is 0.251 e. The van der Waals surface area contributed by atoms with Crippen molar-refractivity contribution in [2.24, 2.45) is 0 Å². The van der Waals surface area contributed by atoms with Gasteiger partial charge in [0.25, 0.3) is 5.91 Å². The summed E-state index contributed by atoms with van der Waals surface area (Å²) >= 11 is 0. The molecule has 0 radical (unpaired) electrons. The molecule has 0 unspecified atom stereocenters. The Labute approximate surface area is 166 Å². The first-order valence-corrected chi connectivity index (χ1v) is 9.50. The average Bonchev–Trinajstić information content (AvgIpc) is 2.74. The van der Waals surface area contributed by atoms with Gasteiger partial charge in [0.1, 0.15) is 0 Å². The number of aryl methyl sites for hydroxylation is 1. The molecule has 2 aromatic carbocycles. The van der Waals surface area contributed by atoms with Crippen LogP contribution in [-0.4, -0.2) is 57.9 Å². The lowest BCUT2D eigenvalue weighted by Gasteiger charge is -2.31. The zero-order valence-corrected chi connectivity index (χ0v) is 16.7. The van der Waals surface area contributed by atoms with Crippen molar-refractivity contribution in [3.63, 3.8) is 0 Å². The second-order valence-electron chi connectivity index (χ2n) is 6.92. The van der Waals surface area contributed by atoms with Crippen LogP contribution in [-0.2, 0) is 4.74 Å². The number of carbonyl (C=O) groups is 1. The van der Waals surface area contributed by atoms with Gasteiger partial charge in [-0.2, -0.15) is 0 Å². The van der Waals surface area contributed by atoms with Crippen LogP contribution in [0.1, 0.15) is 27.5 Å². The zero-order chi connectivity index (χ0) is 19.9. The molecular weight excluding hydrogens is 356 g/mol. The fourth-order valence-corrected chi connectivity index (χ4v) is 3.29. The van der Waals surface area contributed by atoms with E-state index in [1.165, 1.54) is 5.56 Å². The van der Waals surface area contributed by atoms with Crippen molar-refractivity contribution in [1.82, 2.24) is 10.2 Å². The van der Waals surface area contributed by atoms with E-state index in [0.29, 0.717) is 17.1 Å². The third kappa shape index (κ3) is 5.03. The monoisotopic (exact) mass is 384 g/mol. The summed E-state index contributed by atoms with van der Waals surface area (Å²) in [6.45, 7) is 5.99. The van der Waals surface area contributed by atoms with E-state index in [1.807, 2.05) is 0 Å². The molecule has 6 heteroatoms. The maximum absolute atomic E-state index is 13.0. The van der Waals surface area contributed by atoms with E-state index >= 15 is 0 Å². The molecule has 1 fully saturated rings. The highest BCUT2D eigenvalue weighted by Gasteiger charge is 2.21. The molecule has 0 aromatic heterocycles. The third-order valence-electron chi connectivity index (χ3n) is 4.98. The van der Waals surface area contributed by atoms with Crippen molar-refractivity contribution in [3.8, 4) is 11.5 Å². The average molecular weight is 384 g/mol. The van der Waals surface area contributed by atoms with Gasteiger partial charge in [-0.15, -0.1) is 0 Å². The fourth-order valence-electron chi connectivity index (χ4n) is 3.29. The molecular formula is C22H28N2O4. The van der Waals surface area contributed by atoms with Crippen molar-refractivity contribution < 1.29 is 19.0 Å². The Morgan fingerprint density at radius 2 is 1.75 bits per heavy atom. The molecule has 28 heavy (non-hydrogen) atoms. The van der Waals surface area contributed by atoms with Gasteiger partial charge in [-0.25, -0.2) is 0 Å². The Kier molecular flexibility index (Phi) is 6.90. The van der Waals surface area contributed by atoms with Crippen LogP contribution in [0.3, 0.4) is 0 Å². The number of nitrogens with one attached hydrogen (secondary N) is 1. The molecule has 2 aromatic rings. The van der Waals surface area contributed by atoms with Crippen molar-refractivity contribution in [2.75, 3.05) is 47.1 Å². The molecule has 3 rings (SSSR count). The van der Waals surface area contributed by atoms with Gasteiger partial charge in [-0.1, -0.05) is 29.8 Å². The lowest BCUT2D eigenvalue weighted by Crippen LogP contribution is -2.43. The number of amides is 1. The van der Waals surface area contributed by atoms with E-state index in [0.717, 1.165) is 38.4 Å². The summed E-state index contributed by atoms with van der Waals surface area (Å²) in [4.78, 5) is 15.3. The number of methoxy groups -OCH3 is 2. The van der Waals surface area contributed by atoms with Gasteiger partial charge in [0.2, 0.25) is 0 Å². The molecule has 6 nitrogen and oxygen atoms in total. The quantitative estimate of drug-likeness (QED) is 0.795. The lowest BCUT2D eigenvalue weighted by atomic mass is 10.0. The van der Waals surface area contributed by atoms with Crippen LogP contribution in [0.15, 0.2) is 42.5 Å². The predicted octanol–water partition coefficient (Wildman–Crippen LogP) is 2.82. The van der Waals surface area contributed by atoms with Crippen LogP contribution in [0.2, 0.25) is 0 Å². The van der Waals surface area contributed by atoms with Crippen LogP contribution < -0.4 is 14.8 Å². The minimum absolute atomic E-state index is 0.112. The van der Waals surface area contributed by atoms with E-state index in [1.54, 1.807) is 32.4 Å². The van der Waals surface area contributed by atoms with Gasteiger partial charge in [0.05, 0.1) is 33.5 Å². The van der Waals surface area contributed by atoms with Gasteiger partial charge >= 0.3 is 0 Å². The number of hydrogen-bond acceptors (Lipinski definition) is 5. The molecule has 1 atom stereocenters. The highest BCUT2D eigenvalue weighted by Crippen LogP contribution is 2.28. The topological polar surface area (TPSA) is 60.0 Å². The molecule has 0 aliphatic carbocycles. The second kappa shape index (κ2) is 9.57. The van der Waals surface area contributed by atoms with E-state index in [9.17, 15) is 4.79 Å². The first-order valence-electron chi connectivity index (χ1n) is 9.50. The van der Waals surface area contributed by atoms with Crippen molar-refractivity contribution in [1.29, 1.82) is 0 Å². The largest absolute Gasteiger partial charge is 0.493 e. The summed E-state index contributed by atoms with van der Waals surface area (Å²) in [6.07, 6.45) is 0. The predicted molar refractivity (Wildman–Crippen MR) is 108 cm³/mol. The number of ether oxygens (including phenoxy) is 3. The van der Waals surface area contributed by atoms with Crippen molar-refractivity contribution in [3.05, 3.63) is 59.2 Å². The summed E-state index contributed by atoms with van der Waals surface area (Å²) in [5.74, 6) is 0.998. The Morgan fingerprint density at radius 1 is 1.07 bits per heavy atom. The lowest BCUT2D eigenvalue weighted by molar-refractivity contribution is 0.0332. The van der Waals surface area contributed by atoms with E-state index < -0.39 is 0 Å². The number of morpholine rings is 1. The number of benzene rings is 2. The number of nitrogens with zero attached hydrogens (tertiary/aromatic N) is 1. The third-order valence-corrected chi connectivity index (χ3v) is 4.98. The van der Waals surface area contributed by atoms with E-state index in [4.69, 9.17) is 14.2 Å². The molecule has 1 aliphatic rings. The standard InChI is InChI=1S/C22H28N2O4/c1-16-4-6-17(7-5-16)19(15-24-10-12-28-13-11-24)23-22(25)18-8-9-20(26-2)21(14-18)27-3/h4-9,14,19H,10-13,15H2,1-3H3,(H,23,25)/t19-/m1/s1. The minimum Gasteiger partial charge on any atom is -0.493 e. The Morgan fingerprint density at radius 3 is 2.39 bits per heavy atom. The Balaban J connectivity index is 1.79. The Hall–Kier alpha value is -2.57. The minimum atomic E-state index is -0.139. The maximum Gasteiger partial charge on any atom is 0.251 e. The molecule has 0 spiro atoms. The Bertz CT molecular complexity index is 786. The SMILES string of the molecule is COc1ccc(C(=O)N[C@H](CN2CCOCC2)c2ccc(C)cc2)cc1OC. The normalized spacial score (nSPS) is 15.7. The highest BCUT2D eigenvalue weighted by atomic mass is 16.5. The van der Waals surface area contributed by atoms with Crippen LogP contribution in [0.25, 0.3) is 0 Å². The van der Waals surface area contributed by atoms with Gasteiger partial charge in [0, 0.05) is 25.2 Å². The van der Waals surface area contributed by atoms with Crippen LogP contribution in [0.4, 0.5) is 0 Å². The molecule has 1 heterocycles. The molecule has 150 valence electrons. The van der Waals surface area contributed by atoms with Gasteiger partial charge in [-0.05, 0) is 30.7 Å². The maximum atomic E-state index is 13.0. The zero-order valence-electron chi connectivity index (χ0n) is 16.7. The van der Waals surface area contributed by atoms with Gasteiger partial charge in [-0.3, -0.25) is 9.69 Å². The summed E-state index contributed by atoms with van der Waals surface area (Å²) in [6, 6.07) is 13.4. The second-order valence-corrected chi connectivity index (χ2v) is 6.92. The molecule has 1 N–H and O–H groups in total. The van der Waals surface area contributed by atoms with Crippen molar-refractivity contribution >= 4 is 5.91 Å². The molecule has 0 bridgehead atoms. The summed E-state index contributed by atoms with van der Waals surface area (Å²) < 4.78 is 16.0. The number of hydrogen-bond donors (Lipinski definition) is 1. The first-order chi connectivity index (χ1) is 13.6. The van der Waals surface area contributed by atoms with Crippen LogP contribution in [0, 0.1) is 6.92 Å². The number of carbonyl (C=O) groups excluding carboxylic acids is 1. The first kappa shape index (κ1) is 20.2. The summed E-state index contributed by atoms with van der Waals surface area (Å²) in [5, 5.41) is 3.19. The number of rotatable bonds is 7. The fraction of sp³-hybridized carbons (Fsp3) is 0.409. The van der Waals surface area contributed by atoms with Crippen LogP contribution in [0.5, 0.6) is 11.5 Å². The molecule has 0 saturated carbocycles. The summed E-state index contributed by atoms with van der Waals surface area (Å²) in [7, 11) is 3.14. The van der Waals surface area contributed by atoms with Crippen molar-refractivity contribution in [2.45, 2.75) is 13.0 Å². The van der Waals surface area contributed by atoms with Gasteiger partial charge in [0.15, 0.2) is 11.5 Å². The highest BCUT2D eigenvalue weighted by molar-refractivity contribution is 5.95. The van der Waals surface area contributed by atoms with Crippen LogP contribution >= 0.6 is 0 Å².